The van der Waals surface area contributed by atoms with E-state index in [9.17, 15) is 4.79 Å². The van der Waals surface area contributed by atoms with Crippen LogP contribution in [0.1, 0.15) is 24.0 Å². The van der Waals surface area contributed by atoms with Gasteiger partial charge in [-0.05, 0) is 24.0 Å². The number of carbonyl (C=O) groups is 1. The molecule has 2 aliphatic rings. The predicted octanol–water partition coefficient (Wildman–Crippen LogP) is 1.49. The lowest BCUT2D eigenvalue weighted by molar-refractivity contribution is -0.129. The van der Waals surface area contributed by atoms with Crippen molar-refractivity contribution in [1.29, 1.82) is 0 Å². The molecule has 2 fully saturated rings. The number of hydrogen-bond donors (Lipinski definition) is 2. The van der Waals surface area contributed by atoms with E-state index >= 15 is 0 Å². The number of ether oxygens (including phenoxy) is 2. The van der Waals surface area contributed by atoms with Gasteiger partial charge in [-0.1, -0.05) is 24.3 Å². The van der Waals surface area contributed by atoms with Crippen LogP contribution < -0.4 is 11.1 Å². The van der Waals surface area contributed by atoms with E-state index in [0.717, 1.165) is 38.4 Å². The van der Waals surface area contributed by atoms with Crippen molar-refractivity contribution in [3.8, 4) is 0 Å². The predicted molar refractivity (Wildman–Crippen MR) is 106 cm³/mol. The van der Waals surface area contributed by atoms with Crippen molar-refractivity contribution in [3.63, 3.8) is 0 Å². The Balaban J connectivity index is 0.00000169. The largest absolute Gasteiger partial charge is 0.381 e. The molecule has 0 aromatic heterocycles. The molecular weight excluding hydrogens is 377 g/mol. The van der Waals surface area contributed by atoms with Crippen LogP contribution in [0, 0.1) is 0 Å². The molecular formula is C18H29Cl2N3O3. The molecule has 0 aliphatic carbocycles. The van der Waals surface area contributed by atoms with Crippen LogP contribution in [0.25, 0.3) is 0 Å². The summed E-state index contributed by atoms with van der Waals surface area (Å²) in [6.07, 6.45) is 1.16. The second-order valence-corrected chi connectivity index (χ2v) is 6.66. The molecule has 26 heavy (non-hydrogen) atoms. The van der Waals surface area contributed by atoms with E-state index in [1.54, 1.807) is 0 Å². The first-order valence-corrected chi connectivity index (χ1v) is 8.69. The van der Waals surface area contributed by atoms with Gasteiger partial charge in [-0.2, -0.15) is 0 Å². The summed E-state index contributed by atoms with van der Waals surface area (Å²) in [7, 11) is 0. The van der Waals surface area contributed by atoms with Gasteiger partial charge >= 0.3 is 0 Å². The zero-order valence-electron chi connectivity index (χ0n) is 14.9. The summed E-state index contributed by atoms with van der Waals surface area (Å²) in [6.45, 7) is 6.09. The molecule has 2 saturated heterocycles. The fourth-order valence-corrected chi connectivity index (χ4v) is 3.18. The molecule has 3 rings (SSSR count). The Morgan fingerprint density at radius 3 is 2.38 bits per heavy atom. The Hall–Kier alpha value is -0.890. The van der Waals surface area contributed by atoms with E-state index in [-0.39, 0.29) is 30.7 Å². The molecule has 0 atom stereocenters. The fourth-order valence-electron chi connectivity index (χ4n) is 3.18. The molecule has 2 aliphatic heterocycles. The number of hydrogen-bond acceptors (Lipinski definition) is 5. The molecule has 2 heterocycles. The van der Waals surface area contributed by atoms with E-state index in [0.29, 0.717) is 32.6 Å². The summed E-state index contributed by atoms with van der Waals surface area (Å²) in [6, 6.07) is 8.37. The molecule has 0 spiro atoms. The molecule has 0 radical (unpaired) electrons. The second kappa shape index (κ2) is 11.1. The van der Waals surface area contributed by atoms with Gasteiger partial charge in [0.1, 0.15) is 0 Å². The Labute approximate surface area is 167 Å². The van der Waals surface area contributed by atoms with Gasteiger partial charge in [0.25, 0.3) is 0 Å². The van der Waals surface area contributed by atoms with Crippen molar-refractivity contribution in [2.45, 2.75) is 31.5 Å². The topological polar surface area (TPSA) is 76.8 Å². The number of nitrogens with two attached hydrogens (primary N) is 1. The van der Waals surface area contributed by atoms with E-state index in [4.69, 9.17) is 15.2 Å². The summed E-state index contributed by atoms with van der Waals surface area (Å²) in [4.78, 5) is 14.8. The number of nitrogens with zero attached hydrogens (tertiary/aromatic N) is 1. The van der Waals surface area contributed by atoms with Crippen LogP contribution in [0.2, 0.25) is 0 Å². The van der Waals surface area contributed by atoms with Gasteiger partial charge in [-0.3, -0.25) is 9.69 Å². The molecule has 1 aromatic carbocycles. The number of rotatable bonds is 5. The van der Waals surface area contributed by atoms with Crippen molar-refractivity contribution >= 4 is 30.7 Å². The van der Waals surface area contributed by atoms with E-state index in [2.05, 4.69) is 22.3 Å². The monoisotopic (exact) mass is 405 g/mol. The third kappa shape index (κ3) is 6.37. The molecule has 148 valence electrons. The van der Waals surface area contributed by atoms with Crippen molar-refractivity contribution in [1.82, 2.24) is 10.2 Å². The van der Waals surface area contributed by atoms with Crippen LogP contribution in [-0.4, -0.2) is 55.9 Å². The fraction of sp³-hybridized carbons (Fsp3) is 0.611. The number of morpholine rings is 1. The molecule has 0 saturated carbocycles. The Bertz CT molecular complexity index is 562. The minimum absolute atomic E-state index is 0. The Morgan fingerprint density at radius 2 is 1.69 bits per heavy atom. The maximum atomic E-state index is 12.4. The minimum Gasteiger partial charge on any atom is -0.381 e. The number of benzene rings is 1. The summed E-state index contributed by atoms with van der Waals surface area (Å²) in [5.41, 5.74) is 7.78. The number of nitrogens with one attached hydrogen (secondary N) is 1. The smallest absolute Gasteiger partial charge is 0.240 e. The molecule has 8 heteroatoms. The number of carbonyl (C=O) groups excluding carboxylic acids is 1. The Morgan fingerprint density at radius 1 is 1.08 bits per heavy atom. The lowest BCUT2D eigenvalue weighted by Crippen LogP contribution is -2.56. The van der Waals surface area contributed by atoms with E-state index in [1.165, 1.54) is 5.56 Å². The first kappa shape index (κ1) is 23.1. The Kier molecular flexibility index (Phi) is 9.85. The molecule has 1 amide bonds. The quantitative estimate of drug-likeness (QED) is 0.775. The maximum Gasteiger partial charge on any atom is 0.240 e. The maximum absolute atomic E-state index is 12.4. The molecule has 0 bridgehead atoms. The lowest BCUT2D eigenvalue weighted by Gasteiger charge is -2.31. The highest BCUT2D eigenvalue weighted by atomic mass is 35.5. The third-order valence-corrected chi connectivity index (χ3v) is 4.79. The van der Waals surface area contributed by atoms with Crippen LogP contribution in [0.4, 0.5) is 0 Å². The standard InChI is InChI=1S/C18H27N3O3.2ClH/c19-18(4-8-23-9-5-18)17(22)20-13-15-2-1-3-16(12-15)14-21-6-10-24-11-7-21;;/h1-3,12H,4-11,13-14,19H2,(H,20,22);2*1H. The van der Waals surface area contributed by atoms with Crippen molar-refractivity contribution in [2.75, 3.05) is 39.5 Å². The SMILES string of the molecule is Cl.Cl.NC1(C(=O)NCc2cccc(CN3CCOCC3)c2)CCOCC1. The van der Waals surface area contributed by atoms with E-state index < -0.39 is 5.54 Å². The summed E-state index contributed by atoms with van der Waals surface area (Å²) in [5, 5.41) is 2.99. The second-order valence-electron chi connectivity index (χ2n) is 6.66. The van der Waals surface area contributed by atoms with Gasteiger partial charge in [0.2, 0.25) is 5.91 Å². The van der Waals surface area contributed by atoms with Crippen LogP contribution in [0.5, 0.6) is 0 Å². The van der Waals surface area contributed by atoms with Crippen molar-refractivity contribution in [2.24, 2.45) is 5.73 Å². The van der Waals surface area contributed by atoms with Gasteiger partial charge in [0.15, 0.2) is 0 Å². The van der Waals surface area contributed by atoms with Gasteiger partial charge in [-0.25, -0.2) is 0 Å². The lowest BCUT2D eigenvalue weighted by atomic mass is 9.90. The average Bonchev–Trinajstić information content (AvgIpc) is 2.61. The highest BCUT2D eigenvalue weighted by Gasteiger charge is 2.35. The highest BCUT2D eigenvalue weighted by molar-refractivity contribution is 5.86. The number of halogens is 2. The normalized spacial score (nSPS) is 19.7. The van der Waals surface area contributed by atoms with Crippen LogP contribution in [0.15, 0.2) is 24.3 Å². The zero-order valence-corrected chi connectivity index (χ0v) is 16.6. The highest BCUT2D eigenvalue weighted by Crippen LogP contribution is 2.18. The average molecular weight is 406 g/mol. The van der Waals surface area contributed by atoms with Gasteiger partial charge in [0.05, 0.1) is 18.8 Å². The summed E-state index contributed by atoms with van der Waals surface area (Å²) in [5.74, 6) is -0.0793. The molecule has 0 unspecified atom stereocenters. The van der Waals surface area contributed by atoms with Gasteiger partial charge in [-0.15, -0.1) is 24.8 Å². The first-order chi connectivity index (χ1) is 11.7. The van der Waals surface area contributed by atoms with Gasteiger partial charge in [0, 0.05) is 39.4 Å². The van der Waals surface area contributed by atoms with Crippen molar-refractivity contribution in [3.05, 3.63) is 35.4 Å². The molecule has 3 N–H and O–H groups in total. The molecule has 1 aromatic rings. The summed E-state index contributed by atoms with van der Waals surface area (Å²) < 4.78 is 10.7. The van der Waals surface area contributed by atoms with Crippen LogP contribution in [0.3, 0.4) is 0 Å². The molecule has 6 nitrogen and oxygen atoms in total. The van der Waals surface area contributed by atoms with Gasteiger partial charge < -0.3 is 20.5 Å². The van der Waals surface area contributed by atoms with Crippen LogP contribution >= 0.6 is 24.8 Å². The summed E-state index contributed by atoms with van der Waals surface area (Å²) >= 11 is 0. The number of amides is 1. The van der Waals surface area contributed by atoms with Crippen LogP contribution in [-0.2, 0) is 27.4 Å². The third-order valence-electron chi connectivity index (χ3n) is 4.79. The van der Waals surface area contributed by atoms with Crippen molar-refractivity contribution < 1.29 is 14.3 Å². The van der Waals surface area contributed by atoms with E-state index in [1.807, 2.05) is 12.1 Å². The zero-order chi connectivity index (χ0) is 16.8. The first-order valence-electron chi connectivity index (χ1n) is 8.69. The minimum atomic E-state index is -0.788.